The third-order valence-electron chi connectivity index (χ3n) is 4.92. The van der Waals surface area contributed by atoms with Gasteiger partial charge in [-0.1, -0.05) is 35.1 Å². The van der Waals surface area contributed by atoms with E-state index in [-0.39, 0.29) is 21.3 Å². The predicted molar refractivity (Wildman–Crippen MR) is 119 cm³/mol. The van der Waals surface area contributed by atoms with Crippen LogP contribution in [0.2, 0.25) is 5.02 Å². The van der Waals surface area contributed by atoms with Crippen LogP contribution in [-0.2, 0) is 14.3 Å². The number of thiazole rings is 1. The molecule has 0 spiro atoms. The first kappa shape index (κ1) is 21.7. The lowest BCUT2D eigenvalue weighted by atomic mass is 9.96. The normalized spacial score (nSPS) is 17.6. The number of ketones is 1. The number of rotatable bonds is 4. The molecule has 32 heavy (non-hydrogen) atoms. The second-order valence-electron chi connectivity index (χ2n) is 6.86. The molecule has 8 nitrogen and oxygen atoms in total. The van der Waals surface area contributed by atoms with Crippen molar-refractivity contribution in [3.8, 4) is 0 Å². The fourth-order valence-electron chi connectivity index (χ4n) is 3.45. The summed E-state index contributed by atoms with van der Waals surface area (Å²) in [5, 5.41) is 11.5. The van der Waals surface area contributed by atoms with Crippen molar-refractivity contribution in [2.75, 3.05) is 12.0 Å². The van der Waals surface area contributed by atoms with Gasteiger partial charge in [-0.05, 0) is 36.8 Å². The van der Waals surface area contributed by atoms with Crippen LogP contribution in [0.1, 0.15) is 32.5 Å². The zero-order valence-corrected chi connectivity index (χ0v) is 18.5. The molecule has 0 bridgehead atoms. The molecule has 2 aromatic heterocycles. The number of aliphatic hydroxyl groups is 1. The molecule has 1 aromatic carbocycles. The SMILES string of the molecule is COC(=O)c1sc(N2C(=O)C(=O)C(=C(O)c3ccncc3)C2c2cccc(Cl)c2)nc1C. The Balaban J connectivity index is 1.95. The molecule has 1 amide bonds. The van der Waals surface area contributed by atoms with E-state index < -0.39 is 23.7 Å². The molecule has 0 aliphatic carbocycles. The molecule has 10 heteroatoms. The first-order valence-electron chi connectivity index (χ1n) is 9.36. The average molecular weight is 470 g/mol. The summed E-state index contributed by atoms with van der Waals surface area (Å²) in [6.45, 7) is 1.61. The van der Waals surface area contributed by atoms with Gasteiger partial charge in [0.15, 0.2) is 5.13 Å². The number of aliphatic hydroxyl groups excluding tert-OH is 1. The van der Waals surface area contributed by atoms with E-state index in [4.69, 9.17) is 16.3 Å². The molecule has 1 aliphatic rings. The number of amides is 1. The highest BCUT2D eigenvalue weighted by Gasteiger charge is 2.48. The Morgan fingerprint density at radius 3 is 2.59 bits per heavy atom. The number of aromatic nitrogens is 2. The summed E-state index contributed by atoms with van der Waals surface area (Å²) in [6.07, 6.45) is 2.93. The Morgan fingerprint density at radius 1 is 1.22 bits per heavy atom. The van der Waals surface area contributed by atoms with Gasteiger partial charge in [0, 0.05) is 23.0 Å². The molecule has 1 aliphatic heterocycles. The number of nitrogens with zero attached hydrogens (tertiary/aromatic N) is 3. The van der Waals surface area contributed by atoms with Crippen LogP contribution < -0.4 is 4.90 Å². The molecular formula is C22H16ClN3O5S. The number of carbonyl (C=O) groups excluding carboxylic acids is 3. The highest BCUT2D eigenvalue weighted by Crippen LogP contribution is 2.44. The first-order valence-corrected chi connectivity index (χ1v) is 10.6. The topological polar surface area (TPSA) is 110 Å². The summed E-state index contributed by atoms with van der Waals surface area (Å²) >= 11 is 7.10. The number of carbonyl (C=O) groups is 3. The molecule has 162 valence electrons. The number of hydrogen-bond acceptors (Lipinski definition) is 8. The molecular weight excluding hydrogens is 454 g/mol. The van der Waals surface area contributed by atoms with E-state index in [1.807, 2.05) is 0 Å². The number of hydrogen-bond donors (Lipinski definition) is 1. The summed E-state index contributed by atoms with van der Waals surface area (Å²) in [7, 11) is 1.24. The summed E-state index contributed by atoms with van der Waals surface area (Å²) in [4.78, 5) is 47.9. The number of methoxy groups -OCH3 is 1. The zero-order valence-electron chi connectivity index (χ0n) is 16.9. The van der Waals surface area contributed by atoms with Crippen molar-refractivity contribution in [1.82, 2.24) is 9.97 Å². The Kier molecular flexibility index (Phi) is 5.77. The van der Waals surface area contributed by atoms with Gasteiger partial charge >= 0.3 is 11.9 Å². The zero-order chi connectivity index (χ0) is 23.0. The largest absolute Gasteiger partial charge is 0.507 e. The van der Waals surface area contributed by atoms with Gasteiger partial charge in [0.25, 0.3) is 5.78 Å². The van der Waals surface area contributed by atoms with Crippen molar-refractivity contribution in [2.45, 2.75) is 13.0 Å². The van der Waals surface area contributed by atoms with E-state index in [9.17, 15) is 19.5 Å². The maximum absolute atomic E-state index is 13.1. The van der Waals surface area contributed by atoms with E-state index in [0.29, 0.717) is 21.8 Å². The molecule has 1 atom stereocenters. The van der Waals surface area contributed by atoms with Gasteiger partial charge in [-0.2, -0.15) is 0 Å². The number of esters is 1. The van der Waals surface area contributed by atoms with Gasteiger partial charge in [0.1, 0.15) is 10.6 Å². The number of ether oxygens (including phenoxy) is 1. The average Bonchev–Trinajstić information content (AvgIpc) is 3.30. The lowest BCUT2D eigenvalue weighted by molar-refractivity contribution is -0.132. The third-order valence-corrected chi connectivity index (χ3v) is 6.30. The first-order chi connectivity index (χ1) is 15.3. The van der Waals surface area contributed by atoms with Crippen molar-refractivity contribution in [2.24, 2.45) is 0 Å². The molecule has 1 saturated heterocycles. The second-order valence-corrected chi connectivity index (χ2v) is 8.28. The lowest BCUT2D eigenvalue weighted by Crippen LogP contribution is -2.29. The monoisotopic (exact) mass is 469 g/mol. The lowest BCUT2D eigenvalue weighted by Gasteiger charge is -2.23. The van der Waals surface area contributed by atoms with Crippen LogP contribution in [0.5, 0.6) is 0 Å². The fraction of sp³-hybridized carbons (Fsp3) is 0.136. The Hall–Kier alpha value is -3.56. The molecule has 1 N–H and O–H groups in total. The quantitative estimate of drug-likeness (QED) is 0.267. The number of Topliss-reactive ketones (excluding diaryl/α,β-unsaturated/α-hetero) is 1. The highest BCUT2D eigenvalue weighted by molar-refractivity contribution is 7.17. The number of benzene rings is 1. The molecule has 1 fully saturated rings. The van der Waals surface area contributed by atoms with E-state index in [1.54, 1.807) is 31.2 Å². The van der Waals surface area contributed by atoms with E-state index >= 15 is 0 Å². The van der Waals surface area contributed by atoms with Gasteiger partial charge in [-0.25, -0.2) is 9.78 Å². The third kappa shape index (κ3) is 3.65. The molecule has 3 heterocycles. The minimum Gasteiger partial charge on any atom is -0.507 e. The van der Waals surface area contributed by atoms with Crippen molar-refractivity contribution >= 4 is 51.5 Å². The van der Waals surface area contributed by atoms with Crippen molar-refractivity contribution < 1.29 is 24.2 Å². The van der Waals surface area contributed by atoms with Gasteiger partial charge in [-0.15, -0.1) is 0 Å². The van der Waals surface area contributed by atoms with Crippen LogP contribution in [0.15, 0.2) is 54.4 Å². The van der Waals surface area contributed by atoms with Gasteiger partial charge < -0.3 is 9.84 Å². The molecule has 3 aromatic rings. The fourth-order valence-corrected chi connectivity index (χ4v) is 4.67. The minimum absolute atomic E-state index is 0.115. The van der Waals surface area contributed by atoms with Crippen molar-refractivity contribution in [3.05, 3.63) is 81.1 Å². The number of halogens is 1. The Morgan fingerprint density at radius 2 is 1.94 bits per heavy atom. The minimum atomic E-state index is -1.00. The molecule has 4 rings (SSSR count). The van der Waals surface area contributed by atoms with Crippen LogP contribution in [0.4, 0.5) is 5.13 Å². The van der Waals surface area contributed by atoms with Crippen molar-refractivity contribution in [3.63, 3.8) is 0 Å². The van der Waals surface area contributed by atoms with Gasteiger partial charge in [0.2, 0.25) is 0 Å². The predicted octanol–water partition coefficient (Wildman–Crippen LogP) is 3.91. The van der Waals surface area contributed by atoms with E-state index in [0.717, 1.165) is 11.3 Å². The number of pyridine rings is 1. The summed E-state index contributed by atoms with van der Waals surface area (Å²) in [5.74, 6) is -2.70. The maximum Gasteiger partial charge on any atom is 0.350 e. The van der Waals surface area contributed by atoms with Crippen LogP contribution in [0, 0.1) is 6.92 Å². The van der Waals surface area contributed by atoms with Crippen LogP contribution in [-0.4, -0.2) is 39.8 Å². The van der Waals surface area contributed by atoms with Crippen LogP contribution in [0.25, 0.3) is 5.76 Å². The summed E-state index contributed by atoms with van der Waals surface area (Å²) in [5.41, 5.74) is 1.07. The summed E-state index contributed by atoms with van der Waals surface area (Å²) in [6, 6.07) is 8.68. The van der Waals surface area contributed by atoms with Gasteiger partial charge in [-0.3, -0.25) is 19.5 Å². The number of aryl methyl sites for hydroxylation is 1. The second kappa shape index (κ2) is 8.52. The van der Waals surface area contributed by atoms with Crippen molar-refractivity contribution in [1.29, 1.82) is 0 Å². The standard InChI is InChI=1S/C22H16ClN3O5S/c1-11-19(21(30)31-2)32-22(25-11)26-16(13-4-3-5-14(23)10-13)15(18(28)20(26)29)17(27)12-6-8-24-9-7-12/h3-10,16,27H,1-2H3. The molecule has 0 saturated carbocycles. The van der Waals surface area contributed by atoms with Crippen LogP contribution >= 0.6 is 22.9 Å². The van der Waals surface area contributed by atoms with E-state index in [1.165, 1.54) is 36.5 Å². The molecule has 0 radical (unpaired) electrons. The molecule has 1 unspecified atom stereocenters. The Bertz CT molecular complexity index is 1270. The van der Waals surface area contributed by atoms with E-state index in [2.05, 4.69) is 9.97 Å². The van der Waals surface area contributed by atoms with Crippen LogP contribution in [0.3, 0.4) is 0 Å². The smallest absolute Gasteiger partial charge is 0.350 e. The number of anilines is 1. The highest BCUT2D eigenvalue weighted by atomic mass is 35.5. The van der Waals surface area contributed by atoms with Gasteiger partial charge in [0.05, 0.1) is 24.4 Å². The Labute approximate surface area is 191 Å². The maximum atomic E-state index is 13.1. The summed E-state index contributed by atoms with van der Waals surface area (Å²) < 4.78 is 4.77.